The number of nitrogens with zero attached hydrogens (tertiary/aromatic N) is 4. The molecule has 1 aromatic heterocycles. The number of pyridine rings is 1. The van der Waals surface area contributed by atoms with E-state index in [2.05, 4.69) is 28.2 Å². The van der Waals surface area contributed by atoms with Gasteiger partial charge in [-0.1, -0.05) is 18.9 Å². The molecule has 1 saturated carbocycles. The lowest BCUT2D eigenvalue weighted by Gasteiger charge is -2.40. The maximum absolute atomic E-state index is 13.7. The molecule has 1 amide bonds. The molecule has 39 heavy (non-hydrogen) atoms. The number of guanidine groups is 1. The number of amides is 1. The normalized spacial score (nSPS) is 14.1. The molecule has 0 unspecified atom stereocenters. The molecule has 4 N–H and O–H groups in total. The lowest BCUT2D eigenvalue weighted by atomic mass is 9.95. The number of β-amino-alcohol motifs (C(OH)–C–C–N with tert-alkyl or cyclic N) is 1. The molecule has 1 aliphatic carbocycles. The molecule has 0 bridgehead atoms. The summed E-state index contributed by atoms with van der Waals surface area (Å²) in [4.78, 5) is 37.4. The second kappa shape index (κ2) is 14.4. The highest BCUT2D eigenvalue weighted by molar-refractivity contribution is 7.89. The molecule has 1 heterocycles. The molecular formula is C22H28Cl4N6O6S. The Morgan fingerprint density at radius 1 is 1.13 bits per heavy atom. The van der Waals surface area contributed by atoms with Gasteiger partial charge in [0.2, 0.25) is 21.9 Å². The molecule has 0 saturated heterocycles. The van der Waals surface area contributed by atoms with Crippen LogP contribution in [0.25, 0.3) is 10.8 Å². The zero-order chi connectivity index (χ0) is 28.8. The summed E-state index contributed by atoms with van der Waals surface area (Å²) in [5.41, 5.74) is 4.56. The molecular weight excluding hydrogens is 618 g/mol. The molecule has 216 valence electrons. The maximum atomic E-state index is 13.7. The van der Waals surface area contributed by atoms with Gasteiger partial charge in [-0.3, -0.25) is 24.8 Å². The highest BCUT2D eigenvalue weighted by Crippen LogP contribution is 2.40. The van der Waals surface area contributed by atoms with E-state index in [0.29, 0.717) is 29.3 Å². The van der Waals surface area contributed by atoms with E-state index in [1.807, 2.05) is 0 Å². The Hall–Kier alpha value is -2.26. The van der Waals surface area contributed by atoms with Gasteiger partial charge >= 0.3 is 10.5 Å². The van der Waals surface area contributed by atoms with Crippen molar-refractivity contribution in [3.05, 3.63) is 30.6 Å². The first-order valence-electron chi connectivity index (χ1n) is 11.1. The van der Waals surface area contributed by atoms with Crippen molar-refractivity contribution in [3.8, 4) is 0 Å². The number of benzene rings is 1. The van der Waals surface area contributed by atoms with E-state index in [1.54, 1.807) is 20.2 Å². The standard InChI is InChI=1S/C20H27ClN6O4S.C2Cl2O2.ClH/c1-25(2)18(29)20(7-3-4-8-20)26(9-10-28)32(30,31)15-5-6-16-14(11-15)12-24-13-17(16)27(21)19(22)23;3-1(5)2(4)6;/h5-6,11-13,28H,3-4,7-10H2,1-2H3,(H3,22,23);;1H. The Bertz CT molecular complexity index is 1330. The summed E-state index contributed by atoms with van der Waals surface area (Å²) in [5.74, 6) is -0.701. The van der Waals surface area contributed by atoms with Crippen LogP contribution < -0.4 is 10.2 Å². The number of nitrogens with one attached hydrogen (secondary N) is 1. The molecule has 2 aromatic rings. The molecule has 1 aromatic carbocycles. The first-order valence-corrected chi connectivity index (χ1v) is 13.7. The molecule has 0 radical (unpaired) electrons. The average molecular weight is 646 g/mol. The van der Waals surface area contributed by atoms with Gasteiger partial charge in [0.15, 0.2) is 0 Å². The van der Waals surface area contributed by atoms with Crippen molar-refractivity contribution in [2.24, 2.45) is 5.73 Å². The number of aliphatic hydroxyl groups excluding tert-OH is 1. The Kier molecular flexibility index (Phi) is 12.8. The number of fused-ring (bicyclic) bond motifs is 1. The Labute approximate surface area is 247 Å². The second-order valence-corrected chi connectivity index (χ2v) is 11.4. The van der Waals surface area contributed by atoms with Crippen LogP contribution in [0.1, 0.15) is 25.7 Å². The summed E-state index contributed by atoms with van der Waals surface area (Å²) >= 11 is 15.0. The maximum Gasteiger partial charge on any atom is 0.304 e. The smallest absolute Gasteiger partial charge is 0.304 e. The molecule has 3 rings (SSSR count). The number of carbonyl (C=O) groups is 3. The lowest BCUT2D eigenvalue weighted by molar-refractivity contribution is -0.139. The molecule has 17 heteroatoms. The van der Waals surface area contributed by atoms with Crippen molar-refractivity contribution in [3.63, 3.8) is 0 Å². The third-order valence-corrected chi connectivity index (χ3v) is 8.66. The van der Waals surface area contributed by atoms with Gasteiger partial charge < -0.3 is 15.7 Å². The van der Waals surface area contributed by atoms with Gasteiger partial charge in [-0.15, -0.1) is 12.4 Å². The molecule has 1 aliphatic rings. The summed E-state index contributed by atoms with van der Waals surface area (Å²) in [6, 6.07) is 4.42. The Morgan fingerprint density at radius 2 is 1.69 bits per heavy atom. The Morgan fingerprint density at radius 3 is 2.15 bits per heavy atom. The topological polar surface area (TPSA) is 178 Å². The van der Waals surface area contributed by atoms with E-state index < -0.39 is 38.6 Å². The number of nitrogens with two attached hydrogens (primary N) is 1. The molecule has 12 nitrogen and oxygen atoms in total. The molecule has 0 aliphatic heterocycles. The van der Waals surface area contributed by atoms with Crippen LogP contribution in [0, 0.1) is 5.41 Å². The largest absolute Gasteiger partial charge is 0.395 e. The second-order valence-electron chi connectivity index (χ2n) is 8.49. The van der Waals surface area contributed by atoms with Crippen molar-refractivity contribution in [2.75, 3.05) is 31.7 Å². The van der Waals surface area contributed by atoms with Crippen molar-refractivity contribution in [1.29, 1.82) is 5.41 Å². The van der Waals surface area contributed by atoms with Crippen LogP contribution in [-0.4, -0.2) is 82.9 Å². The average Bonchev–Trinajstić information content (AvgIpc) is 3.36. The first kappa shape index (κ1) is 34.8. The van der Waals surface area contributed by atoms with Crippen molar-refractivity contribution < 1.29 is 27.9 Å². The van der Waals surface area contributed by atoms with E-state index >= 15 is 0 Å². The fourth-order valence-electron chi connectivity index (χ4n) is 4.31. The zero-order valence-corrected chi connectivity index (χ0v) is 24.8. The van der Waals surface area contributed by atoms with Gasteiger partial charge in [0, 0.05) is 49.4 Å². The predicted molar refractivity (Wildman–Crippen MR) is 152 cm³/mol. The summed E-state index contributed by atoms with van der Waals surface area (Å²) in [7, 11) is -0.941. The summed E-state index contributed by atoms with van der Waals surface area (Å²) < 4.78 is 29.6. The third kappa shape index (κ3) is 7.69. The quantitative estimate of drug-likeness (QED) is 0.128. The van der Waals surface area contributed by atoms with Crippen LogP contribution in [0.2, 0.25) is 0 Å². The van der Waals surface area contributed by atoms with Crippen LogP contribution in [-0.2, 0) is 24.4 Å². The van der Waals surface area contributed by atoms with Crippen LogP contribution in [0.5, 0.6) is 0 Å². The number of carbonyl (C=O) groups excluding carboxylic acids is 3. The number of halogens is 4. The van der Waals surface area contributed by atoms with Gasteiger partial charge in [-0.2, -0.15) is 4.31 Å². The minimum absolute atomic E-state index is 0. The first-order chi connectivity index (χ1) is 17.7. The van der Waals surface area contributed by atoms with Crippen LogP contribution >= 0.6 is 47.4 Å². The fraction of sp³-hybridized carbons (Fsp3) is 0.409. The number of likely N-dealkylation sites (N-methyl/N-ethyl adjacent to an activating group) is 1. The lowest BCUT2D eigenvalue weighted by Crippen LogP contribution is -2.59. The van der Waals surface area contributed by atoms with E-state index in [1.165, 1.54) is 29.4 Å². The van der Waals surface area contributed by atoms with Crippen molar-refractivity contribution in [2.45, 2.75) is 36.1 Å². The highest BCUT2D eigenvalue weighted by atomic mass is 35.5. The number of aromatic nitrogens is 1. The van der Waals surface area contributed by atoms with Gasteiger partial charge in [0.1, 0.15) is 5.54 Å². The number of hydrogen-bond donors (Lipinski definition) is 3. The highest BCUT2D eigenvalue weighted by Gasteiger charge is 2.51. The van der Waals surface area contributed by atoms with Crippen LogP contribution in [0.3, 0.4) is 0 Å². The molecule has 1 fully saturated rings. The monoisotopic (exact) mass is 644 g/mol. The number of anilines is 1. The summed E-state index contributed by atoms with van der Waals surface area (Å²) in [5, 5.41) is 15.9. The van der Waals surface area contributed by atoms with E-state index in [9.17, 15) is 27.9 Å². The van der Waals surface area contributed by atoms with E-state index in [0.717, 1.165) is 21.6 Å². The fourth-order valence-corrected chi connectivity index (χ4v) is 6.26. The van der Waals surface area contributed by atoms with E-state index in [-0.39, 0.29) is 29.8 Å². The number of sulfonamides is 1. The minimum Gasteiger partial charge on any atom is -0.395 e. The minimum atomic E-state index is -4.14. The van der Waals surface area contributed by atoms with Gasteiger partial charge in [0.25, 0.3) is 0 Å². The van der Waals surface area contributed by atoms with Crippen LogP contribution in [0.4, 0.5) is 5.69 Å². The SMILES string of the molecule is CN(C)C(=O)C1(N(CCO)S(=O)(=O)c2ccc3c(N(Cl)C(=N)N)cncc3c2)CCCC1.Cl.O=C(Cl)C(=O)Cl. The predicted octanol–water partition coefficient (Wildman–Crippen LogP) is 2.41. The third-order valence-electron chi connectivity index (χ3n) is 5.89. The van der Waals surface area contributed by atoms with Gasteiger partial charge in [-0.25, -0.2) is 12.8 Å². The van der Waals surface area contributed by atoms with E-state index in [4.69, 9.17) is 22.9 Å². The van der Waals surface area contributed by atoms with Gasteiger partial charge in [0.05, 0.1) is 23.4 Å². The molecule has 0 atom stereocenters. The molecule has 0 spiro atoms. The number of aliphatic hydroxyl groups is 1. The summed E-state index contributed by atoms with van der Waals surface area (Å²) in [6.07, 6.45) is 5.13. The number of rotatable bonds is 8. The van der Waals surface area contributed by atoms with Crippen molar-refractivity contribution >= 4 is 96.2 Å². The Balaban J connectivity index is 0.000000977. The van der Waals surface area contributed by atoms with Crippen molar-refractivity contribution in [1.82, 2.24) is 14.2 Å². The number of hydrogen-bond acceptors (Lipinski definition) is 8. The summed E-state index contributed by atoms with van der Waals surface area (Å²) in [6.45, 7) is -0.612. The zero-order valence-electron chi connectivity index (χ0n) is 20.9. The van der Waals surface area contributed by atoms with Crippen LogP contribution in [0.15, 0.2) is 35.5 Å². The van der Waals surface area contributed by atoms with Gasteiger partial charge in [-0.05, 0) is 48.2 Å².